The molecule has 0 aliphatic heterocycles. The minimum absolute atomic E-state index is 0.785. The summed E-state index contributed by atoms with van der Waals surface area (Å²) >= 11 is 3.76. The molecular weight excluding hydrogens is 258 g/mol. The zero-order valence-electron chi connectivity index (χ0n) is 10.3. The molecule has 18 heavy (non-hydrogen) atoms. The van der Waals surface area contributed by atoms with Gasteiger partial charge in [0.05, 0.1) is 0 Å². The summed E-state index contributed by atoms with van der Waals surface area (Å²) in [6.45, 7) is 1.01. The fraction of sp³-hybridized carbons (Fsp3) is 0.333. The Balaban J connectivity index is 1.55. The van der Waals surface area contributed by atoms with Crippen molar-refractivity contribution in [2.75, 3.05) is 0 Å². The molecule has 2 aromatic rings. The van der Waals surface area contributed by atoms with Crippen LogP contribution >= 0.6 is 23.1 Å². The first-order valence-electron chi connectivity index (χ1n) is 6.38. The van der Waals surface area contributed by atoms with Gasteiger partial charge in [0.15, 0.2) is 0 Å². The molecule has 0 spiro atoms. The molecule has 1 N–H and O–H groups in total. The quantitative estimate of drug-likeness (QED) is 0.789. The van der Waals surface area contributed by atoms with Gasteiger partial charge in [-0.15, -0.1) is 23.1 Å². The van der Waals surface area contributed by atoms with Crippen molar-refractivity contribution in [2.45, 2.75) is 36.1 Å². The Morgan fingerprint density at radius 3 is 2.94 bits per heavy atom. The van der Waals surface area contributed by atoms with Crippen LogP contribution in [0.25, 0.3) is 0 Å². The van der Waals surface area contributed by atoms with Gasteiger partial charge in [0.1, 0.15) is 0 Å². The molecule has 1 fully saturated rings. The number of rotatable bonds is 6. The third kappa shape index (κ3) is 3.61. The average molecular weight is 275 g/mol. The topological polar surface area (TPSA) is 12.0 Å². The van der Waals surface area contributed by atoms with Crippen LogP contribution in [0, 0.1) is 0 Å². The second-order valence-corrected chi connectivity index (χ2v) is 6.75. The third-order valence-electron chi connectivity index (χ3n) is 3.03. The van der Waals surface area contributed by atoms with Gasteiger partial charge in [-0.2, -0.15) is 0 Å². The average Bonchev–Trinajstić information content (AvgIpc) is 3.09. The van der Waals surface area contributed by atoms with Gasteiger partial charge >= 0.3 is 0 Å². The summed E-state index contributed by atoms with van der Waals surface area (Å²) < 4.78 is 0. The lowest BCUT2D eigenvalue weighted by Crippen LogP contribution is -2.15. The number of hydrogen-bond donors (Lipinski definition) is 1. The van der Waals surface area contributed by atoms with E-state index in [1.165, 1.54) is 28.2 Å². The number of nitrogens with one attached hydrogen (secondary N) is 1. The van der Waals surface area contributed by atoms with Crippen molar-refractivity contribution >= 4 is 23.1 Å². The Morgan fingerprint density at radius 1 is 1.22 bits per heavy atom. The predicted molar refractivity (Wildman–Crippen MR) is 80.2 cm³/mol. The number of thiophene rings is 1. The van der Waals surface area contributed by atoms with Gasteiger partial charge in [0.25, 0.3) is 0 Å². The number of benzene rings is 1. The summed E-state index contributed by atoms with van der Waals surface area (Å²) in [7, 11) is 0. The maximum Gasteiger partial charge on any atom is 0.0326 e. The van der Waals surface area contributed by atoms with E-state index in [0.717, 1.165) is 18.3 Å². The molecule has 1 aliphatic rings. The van der Waals surface area contributed by atoms with Crippen LogP contribution in [-0.4, -0.2) is 6.04 Å². The van der Waals surface area contributed by atoms with Crippen LogP contribution in [-0.2, 0) is 12.3 Å². The molecule has 0 unspecified atom stereocenters. The fourth-order valence-corrected chi connectivity index (χ4v) is 3.60. The fourth-order valence-electron chi connectivity index (χ4n) is 1.84. The van der Waals surface area contributed by atoms with Crippen LogP contribution in [0.15, 0.2) is 46.7 Å². The van der Waals surface area contributed by atoms with E-state index in [2.05, 4.69) is 47.1 Å². The van der Waals surface area contributed by atoms with Crippen molar-refractivity contribution < 1.29 is 0 Å². The summed E-state index contributed by atoms with van der Waals surface area (Å²) in [6, 6.07) is 14.0. The van der Waals surface area contributed by atoms with Gasteiger partial charge in [-0.25, -0.2) is 0 Å². The highest BCUT2D eigenvalue weighted by atomic mass is 32.2. The first-order valence-corrected chi connectivity index (χ1v) is 8.24. The van der Waals surface area contributed by atoms with Gasteiger partial charge in [-0.05, 0) is 42.0 Å². The van der Waals surface area contributed by atoms with E-state index in [1.54, 1.807) is 0 Å². The van der Waals surface area contributed by atoms with Crippen molar-refractivity contribution in [2.24, 2.45) is 0 Å². The second-order valence-electron chi connectivity index (χ2n) is 4.67. The van der Waals surface area contributed by atoms with E-state index in [9.17, 15) is 0 Å². The summed E-state index contributed by atoms with van der Waals surface area (Å²) in [5, 5.41) is 5.71. The van der Waals surface area contributed by atoms with Gasteiger partial charge in [-0.3, -0.25) is 0 Å². The summed E-state index contributed by atoms with van der Waals surface area (Å²) in [5.74, 6) is 1.08. The summed E-state index contributed by atoms with van der Waals surface area (Å²) in [5.41, 5.74) is 1.40. The maximum absolute atomic E-state index is 3.56. The van der Waals surface area contributed by atoms with E-state index >= 15 is 0 Å². The molecule has 1 aromatic carbocycles. The number of hydrogen-bond acceptors (Lipinski definition) is 3. The second kappa shape index (κ2) is 5.91. The Morgan fingerprint density at radius 2 is 2.17 bits per heavy atom. The minimum atomic E-state index is 0.785. The standard InChI is InChI=1S/C15H17NS2/c1-3-12(10-16-13-6-7-13)9-14(4-1)18-11-15-5-2-8-17-15/h1-5,8-9,13,16H,6-7,10-11H2. The molecule has 0 atom stereocenters. The van der Waals surface area contributed by atoms with E-state index in [1.807, 2.05) is 23.1 Å². The molecule has 1 heterocycles. The van der Waals surface area contributed by atoms with E-state index in [4.69, 9.17) is 0 Å². The zero-order chi connectivity index (χ0) is 12.2. The van der Waals surface area contributed by atoms with Gasteiger partial charge in [-0.1, -0.05) is 18.2 Å². The highest BCUT2D eigenvalue weighted by Crippen LogP contribution is 2.26. The highest BCUT2D eigenvalue weighted by molar-refractivity contribution is 7.98. The maximum atomic E-state index is 3.56. The van der Waals surface area contributed by atoms with Crippen LogP contribution in [0.2, 0.25) is 0 Å². The normalized spacial score (nSPS) is 14.9. The molecule has 3 heteroatoms. The smallest absolute Gasteiger partial charge is 0.0326 e. The van der Waals surface area contributed by atoms with Crippen LogP contribution < -0.4 is 5.32 Å². The van der Waals surface area contributed by atoms with Crippen LogP contribution in [0.5, 0.6) is 0 Å². The van der Waals surface area contributed by atoms with Crippen LogP contribution in [0.3, 0.4) is 0 Å². The van der Waals surface area contributed by atoms with Crippen molar-refractivity contribution in [3.8, 4) is 0 Å². The molecular formula is C15H17NS2. The van der Waals surface area contributed by atoms with Crippen molar-refractivity contribution in [3.63, 3.8) is 0 Å². The first kappa shape index (κ1) is 12.3. The molecule has 0 bridgehead atoms. The molecule has 1 nitrogen and oxygen atoms in total. The summed E-state index contributed by atoms with van der Waals surface area (Å²) in [6.07, 6.45) is 2.71. The largest absolute Gasteiger partial charge is 0.310 e. The minimum Gasteiger partial charge on any atom is -0.310 e. The molecule has 94 valence electrons. The van der Waals surface area contributed by atoms with Gasteiger partial charge in [0, 0.05) is 28.1 Å². The monoisotopic (exact) mass is 275 g/mol. The van der Waals surface area contributed by atoms with Crippen LogP contribution in [0.1, 0.15) is 23.3 Å². The molecule has 1 aromatic heterocycles. The molecule has 0 amide bonds. The molecule has 0 radical (unpaired) electrons. The zero-order valence-corrected chi connectivity index (χ0v) is 11.9. The molecule has 1 saturated carbocycles. The van der Waals surface area contributed by atoms with Crippen molar-refractivity contribution in [1.29, 1.82) is 0 Å². The van der Waals surface area contributed by atoms with Crippen LogP contribution in [0.4, 0.5) is 0 Å². The predicted octanol–water partition coefficient (Wildman–Crippen LogP) is 4.29. The Kier molecular flexibility index (Phi) is 4.03. The first-order chi connectivity index (χ1) is 8.90. The molecule has 0 saturated heterocycles. The molecule has 3 rings (SSSR count). The van der Waals surface area contributed by atoms with Crippen molar-refractivity contribution in [3.05, 3.63) is 52.2 Å². The van der Waals surface area contributed by atoms with E-state index in [-0.39, 0.29) is 0 Å². The van der Waals surface area contributed by atoms with Gasteiger partial charge in [0.2, 0.25) is 0 Å². The van der Waals surface area contributed by atoms with E-state index < -0.39 is 0 Å². The third-order valence-corrected chi connectivity index (χ3v) is 5.13. The highest BCUT2D eigenvalue weighted by Gasteiger charge is 2.19. The SMILES string of the molecule is c1cc(CNC2CC2)cc(SCc2cccs2)c1. The Hall–Kier alpha value is -0.770. The Bertz CT molecular complexity index is 489. The lowest BCUT2D eigenvalue weighted by atomic mass is 10.2. The van der Waals surface area contributed by atoms with Gasteiger partial charge < -0.3 is 5.32 Å². The lowest BCUT2D eigenvalue weighted by molar-refractivity contribution is 0.687. The molecule has 1 aliphatic carbocycles. The van der Waals surface area contributed by atoms with E-state index in [0.29, 0.717) is 0 Å². The summed E-state index contributed by atoms with van der Waals surface area (Å²) in [4.78, 5) is 2.82. The Labute approximate surface area is 117 Å². The number of thioether (sulfide) groups is 1. The lowest BCUT2D eigenvalue weighted by Gasteiger charge is -2.05. The van der Waals surface area contributed by atoms with Crippen molar-refractivity contribution in [1.82, 2.24) is 5.32 Å².